The molecule has 1 fully saturated rings. The van der Waals surface area contributed by atoms with Crippen molar-refractivity contribution in [2.75, 3.05) is 13.1 Å². The molecule has 2 aromatic heterocycles. The van der Waals surface area contributed by atoms with E-state index in [1.807, 2.05) is 0 Å². The summed E-state index contributed by atoms with van der Waals surface area (Å²) in [5, 5.41) is 3.95. The largest absolute Gasteiger partial charge is 0.433 e. The van der Waals surface area contributed by atoms with Crippen LogP contribution in [0.3, 0.4) is 0 Å². The Morgan fingerprint density at radius 3 is 2.46 bits per heavy atom. The van der Waals surface area contributed by atoms with Crippen LogP contribution in [0.4, 0.5) is 13.2 Å². The number of nitrogens with zero attached hydrogens (tertiary/aromatic N) is 4. The lowest BCUT2D eigenvalue weighted by molar-refractivity contribution is -0.142. The molecule has 4 rings (SSSR count). The van der Waals surface area contributed by atoms with Gasteiger partial charge in [-0.25, -0.2) is 9.50 Å². The third-order valence-electron chi connectivity index (χ3n) is 4.74. The molecule has 3 heterocycles. The molecular formula is C19H16ClF3N4O. The molecule has 1 amide bonds. The van der Waals surface area contributed by atoms with Gasteiger partial charge in [-0.3, -0.25) is 4.79 Å². The molecular weight excluding hydrogens is 393 g/mol. The molecule has 0 spiro atoms. The molecule has 1 aromatic carbocycles. The second-order valence-electron chi connectivity index (χ2n) is 6.65. The van der Waals surface area contributed by atoms with Gasteiger partial charge >= 0.3 is 6.18 Å². The van der Waals surface area contributed by atoms with Crippen molar-refractivity contribution in [3.63, 3.8) is 0 Å². The number of rotatable bonds is 3. The van der Waals surface area contributed by atoms with Gasteiger partial charge in [0.05, 0.1) is 17.8 Å². The van der Waals surface area contributed by atoms with E-state index in [1.54, 1.807) is 35.2 Å². The van der Waals surface area contributed by atoms with E-state index in [0.29, 0.717) is 23.2 Å². The van der Waals surface area contributed by atoms with Crippen LogP contribution in [0.25, 0.3) is 16.9 Å². The highest BCUT2D eigenvalue weighted by Gasteiger charge is 2.36. The number of amides is 1. The van der Waals surface area contributed by atoms with E-state index in [1.165, 1.54) is 0 Å². The highest BCUT2D eigenvalue weighted by atomic mass is 35.5. The minimum absolute atomic E-state index is 0.0316. The van der Waals surface area contributed by atoms with Crippen LogP contribution in [-0.4, -0.2) is 38.5 Å². The molecule has 9 heteroatoms. The summed E-state index contributed by atoms with van der Waals surface area (Å²) in [7, 11) is 0. The van der Waals surface area contributed by atoms with Crippen LogP contribution in [0.5, 0.6) is 0 Å². The van der Waals surface area contributed by atoms with Crippen molar-refractivity contribution in [2.24, 2.45) is 0 Å². The number of benzene rings is 1. The number of halogens is 4. The average molecular weight is 409 g/mol. The Morgan fingerprint density at radius 1 is 1.14 bits per heavy atom. The van der Waals surface area contributed by atoms with Gasteiger partial charge in [0.25, 0.3) is 0 Å². The van der Waals surface area contributed by atoms with Crippen molar-refractivity contribution >= 4 is 23.2 Å². The van der Waals surface area contributed by atoms with Crippen molar-refractivity contribution < 1.29 is 18.0 Å². The summed E-state index contributed by atoms with van der Waals surface area (Å²) in [5.74, 6) is -0.195. The van der Waals surface area contributed by atoms with E-state index in [0.717, 1.165) is 18.9 Å². The predicted octanol–water partition coefficient (Wildman–Crippen LogP) is 4.23. The van der Waals surface area contributed by atoms with Crippen LogP contribution >= 0.6 is 11.6 Å². The topological polar surface area (TPSA) is 50.5 Å². The van der Waals surface area contributed by atoms with Crippen LogP contribution in [0.15, 0.2) is 36.4 Å². The van der Waals surface area contributed by atoms with E-state index in [4.69, 9.17) is 11.6 Å². The molecule has 0 saturated carbocycles. The normalized spacial score (nSPS) is 14.8. The van der Waals surface area contributed by atoms with E-state index in [9.17, 15) is 18.0 Å². The Kier molecular flexibility index (Phi) is 4.74. The summed E-state index contributed by atoms with van der Waals surface area (Å²) >= 11 is 6.31. The number of hydrogen-bond acceptors (Lipinski definition) is 3. The Morgan fingerprint density at radius 2 is 1.82 bits per heavy atom. The van der Waals surface area contributed by atoms with Crippen LogP contribution < -0.4 is 0 Å². The van der Waals surface area contributed by atoms with Crippen molar-refractivity contribution in [3.05, 3.63) is 52.8 Å². The van der Waals surface area contributed by atoms with E-state index < -0.39 is 11.9 Å². The fourth-order valence-electron chi connectivity index (χ4n) is 3.33. The highest BCUT2D eigenvalue weighted by Crippen LogP contribution is 2.34. The number of hydrogen-bond donors (Lipinski definition) is 0. The molecule has 146 valence electrons. The van der Waals surface area contributed by atoms with E-state index >= 15 is 0 Å². The molecule has 1 aliphatic rings. The molecule has 0 radical (unpaired) electrons. The van der Waals surface area contributed by atoms with Gasteiger partial charge in [0.1, 0.15) is 5.02 Å². The number of carbonyl (C=O) groups is 1. The molecule has 3 aromatic rings. The lowest BCUT2D eigenvalue weighted by Crippen LogP contribution is -2.29. The first kappa shape index (κ1) is 18.7. The van der Waals surface area contributed by atoms with Crippen LogP contribution in [-0.2, 0) is 17.4 Å². The van der Waals surface area contributed by atoms with Gasteiger partial charge in [-0.05, 0) is 18.9 Å². The van der Waals surface area contributed by atoms with Crippen LogP contribution in [0, 0.1) is 0 Å². The summed E-state index contributed by atoms with van der Waals surface area (Å²) in [6.45, 7) is 1.29. The summed E-state index contributed by atoms with van der Waals surface area (Å²) in [6, 6.07) is 9.47. The fraction of sp³-hybridized carbons (Fsp3) is 0.316. The van der Waals surface area contributed by atoms with E-state index in [-0.39, 0.29) is 34.4 Å². The summed E-state index contributed by atoms with van der Waals surface area (Å²) in [4.78, 5) is 18.4. The van der Waals surface area contributed by atoms with Crippen LogP contribution in [0.1, 0.15) is 24.2 Å². The highest BCUT2D eigenvalue weighted by molar-refractivity contribution is 6.34. The Bertz CT molecular complexity index is 1030. The second kappa shape index (κ2) is 7.09. The van der Waals surface area contributed by atoms with Gasteiger partial charge in [0, 0.05) is 18.7 Å². The molecule has 0 N–H and O–H groups in total. The quantitative estimate of drug-likeness (QED) is 0.651. The Labute approximate surface area is 163 Å². The molecule has 28 heavy (non-hydrogen) atoms. The summed E-state index contributed by atoms with van der Waals surface area (Å²) in [6.07, 6.45) is -2.97. The minimum atomic E-state index is -4.66. The monoisotopic (exact) mass is 408 g/mol. The predicted molar refractivity (Wildman–Crippen MR) is 98.0 cm³/mol. The van der Waals surface area contributed by atoms with Gasteiger partial charge in [0.15, 0.2) is 11.3 Å². The summed E-state index contributed by atoms with van der Waals surface area (Å²) in [5.41, 5.74) is -0.332. The van der Waals surface area contributed by atoms with Gasteiger partial charge in [-0.1, -0.05) is 41.9 Å². The molecule has 0 bridgehead atoms. The third-order valence-corrected chi connectivity index (χ3v) is 5.12. The van der Waals surface area contributed by atoms with Gasteiger partial charge < -0.3 is 4.90 Å². The van der Waals surface area contributed by atoms with Crippen molar-refractivity contribution in [3.8, 4) is 11.3 Å². The standard InChI is InChI=1S/C19H16ClF3N4O/c20-17-14(11-16(28)26-8-4-5-9-26)25-27-15(19(21,22)23)10-13(24-18(17)27)12-6-2-1-3-7-12/h1-3,6-7,10H,4-5,8-9,11H2. The van der Waals surface area contributed by atoms with Crippen molar-refractivity contribution in [2.45, 2.75) is 25.4 Å². The lowest BCUT2D eigenvalue weighted by Gasteiger charge is -2.14. The number of fused-ring (bicyclic) bond motifs is 1. The van der Waals surface area contributed by atoms with Crippen LogP contribution in [0.2, 0.25) is 5.02 Å². The zero-order valence-electron chi connectivity index (χ0n) is 14.7. The Hall–Kier alpha value is -2.61. The molecule has 1 aliphatic heterocycles. The Balaban J connectivity index is 1.82. The molecule has 0 unspecified atom stereocenters. The maximum Gasteiger partial charge on any atom is 0.433 e. The fourth-order valence-corrected chi connectivity index (χ4v) is 3.56. The minimum Gasteiger partial charge on any atom is -0.342 e. The smallest absolute Gasteiger partial charge is 0.342 e. The first-order valence-corrected chi connectivity index (χ1v) is 9.21. The zero-order chi connectivity index (χ0) is 19.9. The van der Waals surface area contributed by atoms with E-state index in [2.05, 4.69) is 10.1 Å². The van der Waals surface area contributed by atoms with Gasteiger partial charge in [-0.2, -0.15) is 18.3 Å². The third kappa shape index (κ3) is 3.44. The number of aromatic nitrogens is 3. The summed E-state index contributed by atoms with van der Waals surface area (Å²) < 4.78 is 41.6. The van der Waals surface area contributed by atoms with Gasteiger partial charge in [-0.15, -0.1) is 0 Å². The maximum absolute atomic E-state index is 13.7. The maximum atomic E-state index is 13.7. The SMILES string of the molecule is O=C(Cc1nn2c(C(F)(F)F)cc(-c3ccccc3)nc2c1Cl)N1CCCC1. The number of likely N-dealkylation sites (tertiary alicyclic amines) is 1. The number of alkyl halides is 3. The van der Waals surface area contributed by atoms with Crippen molar-refractivity contribution in [1.82, 2.24) is 19.5 Å². The molecule has 5 nitrogen and oxygen atoms in total. The van der Waals surface area contributed by atoms with Gasteiger partial charge in [0.2, 0.25) is 5.91 Å². The van der Waals surface area contributed by atoms with Crippen molar-refractivity contribution in [1.29, 1.82) is 0 Å². The molecule has 0 atom stereocenters. The molecule has 0 aliphatic carbocycles. The second-order valence-corrected chi connectivity index (χ2v) is 7.03. The number of carbonyl (C=O) groups excluding carboxylic acids is 1. The molecule has 1 saturated heterocycles. The zero-order valence-corrected chi connectivity index (χ0v) is 15.5. The first-order valence-electron chi connectivity index (χ1n) is 8.83. The average Bonchev–Trinajstić information content (AvgIpc) is 3.30. The first-order chi connectivity index (χ1) is 13.3. The lowest BCUT2D eigenvalue weighted by atomic mass is 10.1.